The van der Waals surface area contributed by atoms with Gasteiger partial charge in [0.1, 0.15) is 0 Å². The number of carbonyl (C=O) groups is 1. The number of allylic oxidation sites excluding steroid dienone is 1. The smallest absolute Gasteiger partial charge is 0.241 e. The van der Waals surface area contributed by atoms with E-state index in [0.29, 0.717) is 17.9 Å². The summed E-state index contributed by atoms with van der Waals surface area (Å²) in [4.78, 5) is 12.1. The minimum atomic E-state index is -0.189. The average molecular weight is 713 g/mol. The van der Waals surface area contributed by atoms with Gasteiger partial charge in [-0.3, -0.25) is 4.79 Å². The van der Waals surface area contributed by atoms with Crippen LogP contribution in [-0.4, -0.2) is 69.0 Å². The maximum atomic E-state index is 12.1. The molecule has 8 atom stereocenters. The van der Waals surface area contributed by atoms with Crippen molar-refractivity contribution < 1.29 is 9.90 Å². The summed E-state index contributed by atoms with van der Waals surface area (Å²) in [6.45, 7) is 29.0. The van der Waals surface area contributed by atoms with E-state index >= 15 is 0 Å². The standard InChI is InChI=1S/C15H22N2O.C11H24N2O.C9H19N.C8H15N/c1-10(2)12-8-14(16-9-12)15(18)17-13-6-4-5-11(3)7-13;1-8(2)9-6-10(13-7-9)11(14)4-5-12-3;1-7(2)9-5-3-4-8(9)6-10;1-6(2)8-4-7(3)9-5-8/h4-7,10,12,14,16H,8-9H2,1-3H3,(H,17,18);8-14H,4-7H2,1-3H3;7-9H,3-6,10H2,1-2H3;6,8-9H,3-5H2,1-2H3/t12-,14-;9-,10-,11+;8-,9+;8-/m0010/s1. The Kier molecular flexibility index (Phi) is 20.9. The third-order valence-electron chi connectivity index (χ3n) is 11.9. The van der Waals surface area contributed by atoms with Crippen LogP contribution in [0, 0.1) is 60.2 Å². The summed E-state index contributed by atoms with van der Waals surface area (Å²) >= 11 is 0. The van der Waals surface area contributed by atoms with Crippen LogP contribution in [0.25, 0.3) is 0 Å². The van der Waals surface area contributed by atoms with E-state index in [2.05, 4.69) is 88.6 Å². The molecule has 1 aromatic rings. The van der Waals surface area contributed by atoms with E-state index < -0.39 is 0 Å². The topological polar surface area (TPSA) is 123 Å². The van der Waals surface area contributed by atoms with Crippen molar-refractivity contribution in [2.24, 2.45) is 59.0 Å². The minimum absolute atomic E-state index is 0.0436. The zero-order valence-corrected chi connectivity index (χ0v) is 34.4. The summed E-state index contributed by atoms with van der Waals surface area (Å²) in [6, 6.07) is 8.18. The van der Waals surface area contributed by atoms with E-state index in [0.717, 1.165) is 105 Å². The Bertz CT molecular complexity index is 1120. The highest BCUT2D eigenvalue weighted by atomic mass is 16.3. The van der Waals surface area contributed by atoms with E-state index in [4.69, 9.17) is 5.73 Å². The van der Waals surface area contributed by atoms with Gasteiger partial charge in [0.05, 0.1) is 12.1 Å². The van der Waals surface area contributed by atoms with Gasteiger partial charge >= 0.3 is 0 Å². The Morgan fingerprint density at radius 3 is 2.04 bits per heavy atom. The van der Waals surface area contributed by atoms with E-state index in [-0.39, 0.29) is 18.1 Å². The molecule has 5 rings (SSSR count). The summed E-state index contributed by atoms with van der Waals surface area (Å²) in [5, 5.41) is 25.9. The lowest BCUT2D eigenvalue weighted by atomic mass is 9.86. The number of hydrogen-bond acceptors (Lipinski definition) is 7. The number of carbonyl (C=O) groups excluding carboxylic acids is 1. The first kappa shape index (κ1) is 45.2. The van der Waals surface area contributed by atoms with Gasteiger partial charge in [-0.25, -0.2) is 0 Å². The number of aryl methyl sites for hydroxylation is 1. The Morgan fingerprint density at radius 1 is 0.922 bits per heavy atom. The monoisotopic (exact) mass is 713 g/mol. The molecule has 0 bridgehead atoms. The molecule has 3 aliphatic heterocycles. The Labute approximate surface area is 313 Å². The van der Waals surface area contributed by atoms with Gasteiger partial charge in [0.25, 0.3) is 0 Å². The molecule has 3 heterocycles. The lowest BCUT2D eigenvalue weighted by Crippen LogP contribution is -2.36. The molecule has 51 heavy (non-hydrogen) atoms. The van der Waals surface area contributed by atoms with Crippen LogP contribution in [-0.2, 0) is 4.79 Å². The van der Waals surface area contributed by atoms with Crippen molar-refractivity contribution in [1.29, 1.82) is 0 Å². The fourth-order valence-corrected chi connectivity index (χ4v) is 7.96. The van der Waals surface area contributed by atoms with Crippen molar-refractivity contribution in [2.75, 3.05) is 45.1 Å². The SMILES string of the molecule is C=C1C[C@H](C(C)C)CN1.CC(C)[C@@H]1CCC[C@@H]1CN.CNCC[C@@H](O)[C@@H]1C[C@H](C(C)C)CN1.Cc1cccc(NC(=O)[C@@H]2C[C@H](C(C)C)CN2)c1. The van der Waals surface area contributed by atoms with Crippen LogP contribution in [0.4, 0.5) is 5.69 Å². The van der Waals surface area contributed by atoms with Crippen LogP contribution in [0.15, 0.2) is 36.5 Å². The number of nitrogens with one attached hydrogen (secondary N) is 5. The molecule has 1 saturated carbocycles. The van der Waals surface area contributed by atoms with Gasteiger partial charge < -0.3 is 37.4 Å². The van der Waals surface area contributed by atoms with Gasteiger partial charge in [-0.1, -0.05) is 80.5 Å². The summed E-state index contributed by atoms with van der Waals surface area (Å²) < 4.78 is 0. The van der Waals surface area contributed by atoms with Gasteiger partial charge in [-0.2, -0.15) is 0 Å². The van der Waals surface area contributed by atoms with Crippen molar-refractivity contribution in [3.05, 3.63) is 42.1 Å². The fraction of sp³-hybridized carbons (Fsp3) is 0.791. The zero-order valence-electron chi connectivity index (χ0n) is 34.4. The van der Waals surface area contributed by atoms with Crippen molar-refractivity contribution in [3.63, 3.8) is 0 Å². The van der Waals surface area contributed by atoms with Crippen LogP contribution in [0.5, 0.6) is 0 Å². The summed E-state index contributed by atoms with van der Waals surface area (Å²) in [6.07, 6.45) is 8.10. The van der Waals surface area contributed by atoms with E-state index in [1.54, 1.807) is 0 Å². The molecule has 0 aromatic heterocycles. The number of amides is 1. The van der Waals surface area contributed by atoms with Crippen LogP contribution in [0.3, 0.4) is 0 Å². The highest BCUT2D eigenvalue weighted by Crippen LogP contribution is 2.36. The van der Waals surface area contributed by atoms with Gasteiger partial charge in [0, 0.05) is 24.0 Å². The van der Waals surface area contributed by atoms with Crippen molar-refractivity contribution in [1.82, 2.24) is 21.3 Å². The molecule has 1 aromatic carbocycles. The Hall–Kier alpha value is -1.97. The molecule has 0 spiro atoms. The average Bonchev–Trinajstić information content (AvgIpc) is 3.91. The van der Waals surface area contributed by atoms with Crippen LogP contribution in [0.1, 0.15) is 106 Å². The normalized spacial score (nSPS) is 27.8. The largest absolute Gasteiger partial charge is 0.391 e. The molecule has 8 nitrogen and oxygen atoms in total. The predicted molar refractivity (Wildman–Crippen MR) is 219 cm³/mol. The lowest BCUT2D eigenvalue weighted by Gasteiger charge is -2.21. The highest BCUT2D eigenvalue weighted by Gasteiger charge is 2.32. The molecular formula is C43H80N6O2. The molecule has 8 heteroatoms. The second-order valence-corrected chi connectivity index (χ2v) is 17.3. The minimum Gasteiger partial charge on any atom is -0.391 e. The first-order valence-corrected chi connectivity index (χ1v) is 20.4. The summed E-state index contributed by atoms with van der Waals surface area (Å²) in [7, 11) is 1.92. The lowest BCUT2D eigenvalue weighted by molar-refractivity contribution is -0.117. The molecule has 0 radical (unpaired) electrons. The number of nitrogens with two attached hydrogens (primary N) is 1. The Morgan fingerprint density at radius 2 is 1.57 bits per heavy atom. The highest BCUT2D eigenvalue weighted by molar-refractivity contribution is 5.95. The molecule has 4 fully saturated rings. The molecule has 4 aliphatic rings. The number of benzene rings is 1. The number of aliphatic hydroxyl groups excluding tert-OH is 1. The molecule has 3 saturated heterocycles. The van der Waals surface area contributed by atoms with Crippen molar-refractivity contribution in [3.8, 4) is 0 Å². The number of hydrogen-bond donors (Lipinski definition) is 7. The number of aliphatic hydroxyl groups is 1. The van der Waals surface area contributed by atoms with E-state index in [1.807, 2.05) is 38.2 Å². The predicted octanol–water partition coefficient (Wildman–Crippen LogP) is 6.94. The molecule has 1 aliphatic carbocycles. The molecular weight excluding hydrogens is 633 g/mol. The maximum Gasteiger partial charge on any atom is 0.241 e. The maximum absolute atomic E-state index is 12.1. The quantitative estimate of drug-likeness (QED) is 0.133. The van der Waals surface area contributed by atoms with Crippen LogP contribution >= 0.6 is 0 Å². The van der Waals surface area contributed by atoms with Gasteiger partial charge in [-0.05, 0) is 150 Å². The summed E-state index contributed by atoms with van der Waals surface area (Å²) in [5.74, 6) is 7.03. The molecule has 8 N–H and O–H groups in total. The first-order chi connectivity index (χ1) is 24.2. The van der Waals surface area contributed by atoms with Gasteiger partial charge in [0.15, 0.2) is 0 Å². The first-order valence-electron chi connectivity index (χ1n) is 20.4. The van der Waals surface area contributed by atoms with E-state index in [9.17, 15) is 9.90 Å². The van der Waals surface area contributed by atoms with Crippen molar-refractivity contribution >= 4 is 11.6 Å². The van der Waals surface area contributed by atoms with Crippen LogP contribution in [0.2, 0.25) is 0 Å². The Balaban J connectivity index is 0.000000245. The third kappa shape index (κ3) is 16.3. The summed E-state index contributed by atoms with van der Waals surface area (Å²) in [5.41, 5.74) is 8.92. The molecule has 1 amide bonds. The van der Waals surface area contributed by atoms with Crippen molar-refractivity contribution in [2.45, 2.75) is 125 Å². The van der Waals surface area contributed by atoms with Crippen LogP contribution < -0.4 is 32.3 Å². The fourth-order valence-electron chi connectivity index (χ4n) is 7.96. The van der Waals surface area contributed by atoms with Gasteiger partial charge in [0.2, 0.25) is 5.91 Å². The molecule has 0 unspecified atom stereocenters. The second kappa shape index (κ2) is 23.6. The number of anilines is 1. The molecule has 294 valence electrons. The van der Waals surface area contributed by atoms with Gasteiger partial charge in [-0.15, -0.1) is 0 Å². The van der Waals surface area contributed by atoms with E-state index in [1.165, 1.54) is 31.4 Å². The third-order valence-corrected chi connectivity index (χ3v) is 11.9. The number of rotatable bonds is 11. The second-order valence-electron chi connectivity index (χ2n) is 17.3. The zero-order chi connectivity index (χ0) is 38.1.